The second-order valence-corrected chi connectivity index (χ2v) is 9.44. The Morgan fingerprint density at radius 3 is 2.50 bits per heavy atom. The Kier molecular flexibility index (Phi) is 7.67. The summed E-state index contributed by atoms with van der Waals surface area (Å²) >= 11 is 0. The number of rotatable bonds is 7. The lowest BCUT2D eigenvalue weighted by atomic mass is 9.46. The van der Waals surface area contributed by atoms with Crippen molar-refractivity contribution in [2.45, 2.75) is 73.3 Å². The molecule has 2 aliphatic rings. The van der Waals surface area contributed by atoms with Gasteiger partial charge in [-0.25, -0.2) is 0 Å². The molecule has 0 saturated heterocycles. The molecule has 0 amide bonds. The number of allylic oxidation sites excluding steroid dienone is 2. The van der Waals surface area contributed by atoms with Crippen molar-refractivity contribution in [1.29, 1.82) is 0 Å². The van der Waals surface area contributed by atoms with Crippen LogP contribution in [0.25, 0.3) is 0 Å². The topological polar surface area (TPSA) is 89.9 Å². The second-order valence-electron chi connectivity index (χ2n) is 9.44. The average molecular weight is 421 g/mol. The fraction of sp³-hybridized carbons (Fsp3) is 0.708. The molecule has 0 heterocycles. The van der Waals surface area contributed by atoms with E-state index in [1.807, 2.05) is 13.8 Å². The number of aliphatic hydroxyl groups excluding tert-OH is 1. The third-order valence-corrected chi connectivity index (χ3v) is 7.54. The van der Waals surface area contributed by atoms with E-state index in [4.69, 9.17) is 9.47 Å². The molecule has 5 atom stereocenters. The van der Waals surface area contributed by atoms with Crippen molar-refractivity contribution >= 4 is 17.7 Å². The molecule has 6 heteroatoms. The monoisotopic (exact) mass is 420 g/mol. The molecule has 0 aromatic rings. The molecular weight excluding hydrogens is 384 g/mol. The highest BCUT2D eigenvalue weighted by atomic mass is 16.5. The fourth-order valence-electron chi connectivity index (χ4n) is 5.56. The number of carbonyl (C=O) groups is 3. The highest BCUT2D eigenvalue weighted by Crippen LogP contribution is 2.61. The molecule has 1 N–H and O–H groups in total. The molecule has 6 nitrogen and oxygen atoms in total. The van der Waals surface area contributed by atoms with E-state index in [0.717, 1.165) is 24.0 Å². The standard InChI is InChI=1S/C24H36O6/c1-15(8-10-25)21(30-18(4)27)13-24(6)19(14-29-17(3)26)7-9-23(5)16(2)11-20(28)12-22(23)24/h8,11,19,21-22,25H,7,9-10,12-14H2,1-6H3. The van der Waals surface area contributed by atoms with E-state index < -0.39 is 11.5 Å². The van der Waals surface area contributed by atoms with Gasteiger partial charge in [-0.3, -0.25) is 14.4 Å². The van der Waals surface area contributed by atoms with Crippen LogP contribution in [0.1, 0.15) is 67.2 Å². The van der Waals surface area contributed by atoms with Gasteiger partial charge >= 0.3 is 11.9 Å². The van der Waals surface area contributed by atoms with Crippen molar-refractivity contribution in [2.24, 2.45) is 22.7 Å². The van der Waals surface area contributed by atoms with Crippen LogP contribution in [0.15, 0.2) is 23.3 Å². The summed E-state index contributed by atoms with van der Waals surface area (Å²) < 4.78 is 11.1. The normalized spacial score (nSPS) is 32.7. The lowest BCUT2D eigenvalue weighted by Gasteiger charge is -2.58. The zero-order valence-electron chi connectivity index (χ0n) is 19.1. The number of ether oxygens (including phenoxy) is 2. The van der Waals surface area contributed by atoms with E-state index in [0.29, 0.717) is 12.8 Å². The molecule has 1 fully saturated rings. The number of hydrogen-bond donors (Lipinski definition) is 1. The first-order valence-electron chi connectivity index (χ1n) is 10.7. The van der Waals surface area contributed by atoms with Crippen LogP contribution in [0, 0.1) is 22.7 Å². The molecule has 0 aromatic heterocycles. The maximum Gasteiger partial charge on any atom is 0.303 e. The van der Waals surface area contributed by atoms with Gasteiger partial charge in [-0.1, -0.05) is 25.5 Å². The van der Waals surface area contributed by atoms with Crippen LogP contribution in [0.5, 0.6) is 0 Å². The van der Waals surface area contributed by atoms with Crippen LogP contribution >= 0.6 is 0 Å². The second kappa shape index (κ2) is 9.46. The number of hydrogen-bond acceptors (Lipinski definition) is 6. The summed E-state index contributed by atoms with van der Waals surface area (Å²) in [5, 5.41) is 9.36. The summed E-state index contributed by atoms with van der Waals surface area (Å²) in [6.07, 6.45) is 5.60. The predicted molar refractivity (Wildman–Crippen MR) is 113 cm³/mol. The van der Waals surface area contributed by atoms with Crippen LogP contribution in [-0.2, 0) is 23.9 Å². The van der Waals surface area contributed by atoms with E-state index in [-0.39, 0.29) is 48.2 Å². The molecular formula is C24H36O6. The van der Waals surface area contributed by atoms with Crippen LogP contribution < -0.4 is 0 Å². The highest BCUT2D eigenvalue weighted by Gasteiger charge is 2.56. The fourth-order valence-corrected chi connectivity index (χ4v) is 5.56. The van der Waals surface area contributed by atoms with E-state index in [1.54, 1.807) is 12.2 Å². The Labute approximate surface area is 179 Å². The molecule has 1 saturated carbocycles. The van der Waals surface area contributed by atoms with Crippen LogP contribution in [0.3, 0.4) is 0 Å². The molecule has 0 bridgehead atoms. The largest absolute Gasteiger partial charge is 0.466 e. The van der Waals surface area contributed by atoms with Gasteiger partial charge in [0.15, 0.2) is 5.78 Å². The van der Waals surface area contributed by atoms with Crippen molar-refractivity contribution in [3.05, 3.63) is 23.3 Å². The summed E-state index contributed by atoms with van der Waals surface area (Å²) in [5.74, 6) is -0.523. The van der Waals surface area contributed by atoms with E-state index in [2.05, 4.69) is 13.8 Å². The Morgan fingerprint density at radius 2 is 1.93 bits per heavy atom. The van der Waals surface area contributed by atoms with Gasteiger partial charge in [-0.05, 0) is 67.4 Å². The van der Waals surface area contributed by atoms with E-state index in [9.17, 15) is 19.5 Å². The third kappa shape index (κ3) is 5.02. The molecule has 0 radical (unpaired) electrons. The molecule has 2 aliphatic carbocycles. The molecule has 168 valence electrons. The zero-order valence-corrected chi connectivity index (χ0v) is 19.1. The SMILES string of the molecule is CC(=O)OCC1CCC2(C)C(C)=CC(=O)CC2C1(C)CC(OC(C)=O)C(C)=CCO. The zero-order chi connectivity index (χ0) is 22.7. The first-order valence-corrected chi connectivity index (χ1v) is 10.7. The van der Waals surface area contributed by atoms with E-state index >= 15 is 0 Å². The number of ketones is 1. The number of fused-ring (bicyclic) bond motifs is 1. The van der Waals surface area contributed by atoms with Gasteiger partial charge in [0.05, 0.1) is 13.2 Å². The molecule has 0 spiro atoms. The van der Waals surface area contributed by atoms with Gasteiger partial charge in [0.1, 0.15) is 6.10 Å². The van der Waals surface area contributed by atoms with Crippen molar-refractivity contribution in [2.75, 3.05) is 13.2 Å². The molecule has 5 unspecified atom stereocenters. The summed E-state index contributed by atoms with van der Waals surface area (Å²) in [5.41, 5.74) is 1.33. The number of aliphatic hydroxyl groups is 1. The van der Waals surface area contributed by atoms with Gasteiger partial charge in [0, 0.05) is 20.3 Å². The maximum absolute atomic E-state index is 12.5. The summed E-state index contributed by atoms with van der Waals surface area (Å²) in [7, 11) is 0. The molecule has 2 rings (SSSR count). The van der Waals surface area contributed by atoms with Crippen LogP contribution in [0.4, 0.5) is 0 Å². The van der Waals surface area contributed by atoms with E-state index in [1.165, 1.54) is 13.8 Å². The lowest BCUT2D eigenvalue weighted by molar-refractivity contribution is -0.155. The van der Waals surface area contributed by atoms with Gasteiger partial charge in [-0.2, -0.15) is 0 Å². The van der Waals surface area contributed by atoms with Gasteiger partial charge < -0.3 is 14.6 Å². The first-order chi connectivity index (χ1) is 13.9. The highest BCUT2D eigenvalue weighted by molar-refractivity contribution is 5.92. The number of esters is 2. The Hall–Kier alpha value is -1.95. The summed E-state index contributed by atoms with van der Waals surface area (Å²) in [4.78, 5) is 35.9. The van der Waals surface area contributed by atoms with Gasteiger partial charge in [0.25, 0.3) is 0 Å². The Bertz CT molecular complexity index is 751. The minimum absolute atomic E-state index is 0.0387. The Morgan fingerprint density at radius 1 is 1.27 bits per heavy atom. The molecule has 0 aromatic carbocycles. The minimum atomic E-state index is -0.511. The predicted octanol–water partition coefficient (Wildman–Crippen LogP) is 3.77. The quantitative estimate of drug-likeness (QED) is 0.498. The minimum Gasteiger partial charge on any atom is -0.466 e. The molecule has 0 aliphatic heterocycles. The smallest absolute Gasteiger partial charge is 0.303 e. The van der Waals surface area contributed by atoms with Gasteiger partial charge in [0.2, 0.25) is 0 Å². The number of carbonyl (C=O) groups excluding carboxylic acids is 3. The first kappa shape index (κ1) is 24.3. The van der Waals surface area contributed by atoms with Crippen molar-refractivity contribution in [3.63, 3.8) is 0 Å². The molecule has 30 heavy (non-hydrogen) atoms. The lowest BCUT2D eigenvalue weighted by Crippen LogP contribution is -2.54. The Balaban J connectivity index is 2.50. The van der Waals surface area contributed by atoms with Crippen molar-refractivity contribution in [3.8, 4) is 0 Å². The summed E-state index contributed by atoms with van der Waals surface area (Å²) in [6.45, 7) is 11.1. The third-order valence-electron chi connectivity index (χ3n) is 7.54. The maximum atomic E-state index is 12.5. The van der Waals surface area contributed by atoms with Crippen LogP contribution in [0.2, 0.25) is 0 Å². The van der Waals surface area contributed by atoms with Crippen molar-refractivity contribution in [1.82, 2.24) is 0 Å². The van der Waals surface area contributed by atoms with Gasteiger partial charge in [-0.15, -0.1) is 0 Å². The summed E-state index contributed by atoms with van der Waals surface area (Å²) in [6, 6.07) is 0. The van der Waals surface area contributed by atoms with Crippen LogP contribution in [-0.4, -0.2) is 42.1 Å². The van der Waals surface area contributed by atoms with Crippen molar-refractivity contribution < 1.29 is 29.0 Å². The average Bonchev–Trinajstić information content (AvgIpc) is 2.63.